The van der Waals surface area contributed by atoms with Gasteiger partial charge < -0.3 is 26.8 Å². The number of nitrogens with one attached hydrogen (secondary N) is 1. The molecule has 0 bridgehead atoms. The number of hydrogen-bond acceptors (Lipinski definition) is 5. The number of hydrogen-bond donors (Lipinski definition) is 4. The molecule has 0 aliphatic heterocycles. The quantitative estimate of drug-likeness (QED) is 0.312. The van der Waals surface area contributed by atoms with Crippen molar-refractivity contribution in [3.05, 3.63) is 82.7 Å². The molecule has 1 atom stereocenters. The molecular formula is C24H23FNNaO6. The summed E-state index contributed by atoms with van der Waals surface area (Å²) in [5, 5.41) is 32.1. The number of amides is 1. The van der Waals surface area contributed by atoms with Crippen molar-refractivity contribution < 1.29 is 65.0 Å². The van der Waals surface area contributed by atoms with Gasteiger partial charge in [-0.2, -0.15) is 0 Å². The van der Waals surface area contributed by atoms with Crippen LogP contribution in [0.15, 0.2) is 54.6 Å². The fraction of sp³-hybridized carbons (Fsp3) is 0.167. The van der Waals surface area contributed by atoms with Crippen LogP contribution in [-0.4, -0.2) is 27.2 Å². The Bertz CT molecular complexity index is 1150. The van der Waals surface area contributed by atoms with Crippen LogP contribution < -0.4 is 39.6 Å². The number of aliphatic carboxylic acids is 1. The van der Waals surface area contributed by atoms with Crippen LogP contribution in [0.2, 0.25) is 0 Å². The Morgan fingerprint density at radius 2 is 1.67 bits per heavy atom. The molecule has 168 valence electrons. The van der Waals surface area contributed by atoms with Gasteiger partial charge in [-0.15, -0.1) is 0 Å². The number of carbonyl (C=O) groups is 2. The van der Waals surface area contributed by atoms with Gasteiger partial charge in [-0.3, -0.25) is 9.59 Å². The van der Waals surface area contributed by atoms with Crippen molar-refractivity contribution in [2.75, 3.05) is 5.32 Å². The van der Waals surface area contributed by atoms with Gasteiger partial charge in [0, 0.05) is 11.3 Å². The van der Waals surface area contributed by atoms with Crippen LogP contribution in [0.5, 0.6) is 17.2 Å². The van der Waals surface area contributed by atoms with Crippen LogP contribution >= 0.6 is 0 Å². The summed E-state index contributed by atoms with van der Waals surface area (Å²) >= 11 is 0. The Balaban J connectivity index is 0.00000289. The predicted molar refractivity (Wildman–Crippen MR) is 117 cm³/mol. The average molecular weight is 463 g/mol. The van der Waals surface area contributed by atoms with Crippen LogP contribution in [0.4, 0.5) is 10.1 Å². The first-order valence-electron chi connectivity index (χ1n) is 9.71. The van der Waals surface area contributed by atoms with Crippen molar-refractivity contribution in [3.8, 4) is 17.2 Å². The number of aliphatic hydroxyl groups is 1. The minimum atomic E-state index is -1.22. The number of phenols is 1. The van der Waals surface area contributed by atoms with Gasteiger partial charge in [-0.25, -0.2) is 4.39 Å². The smallest absolute Gasteiger partial charge is 1.00 e. The van der Waals surface area contributed by atoms with E-state index >= 15 is 0 Å². The molecule has 0 fully saturated rings. The van der Waals surface area contributed by atoms with Crippen molar-refractivity contribution in [1.82, 2.24) is 0 Å². The summed E-state index contributed by atoms with van der Waals surface area (Å²) in [4.78, 5) is 22.4. The molecule has 3 aromatic carbocycles. The predicted octanol–water partition coefficient (Wildman–Crippen LogP) is 1.55. The molecule has 7 nitrogen and oxygen atoms in total. The average Bonchev–Trinajstić information content (AvgIpc) is 2.71. The topological polar surface area (TPSA) is 116 Å². The summed E-state index contributed by atoms with van der Waals surface area (Å²) in [6.45, 7) is 3.54. The monoisotopic (exact) mass is 463 g/mol. The minimum absolute atomic E-state index is 0. The van der Waals surface area contributed by atoms with Crippen LogP contribution in [-0.2, 0) is 9.59 Å². The second-order valence-electron chi connectivity index (χ2n) is 7.33. The SMILES string of the molecule is Cc1cc(NC(=O)CC(=O)O)cc(C)c1Oc1ccc(O)c(C(O)c2ccc(F)cc2)c1.[H-].[Na+]. The number of anilines is 1. The van der Waals surface area contributed by atoms with Crippen molar-refractivity contribution >= 4 is 17.6 Å². The van der Waals surface area contributed by atoms with Gasteiger partial charge in [-0.1, -0.05) is 12.1 Å². The van der Waals surface area contributed by atoms with Crippen LogP contribution in [0.25, 0.3) is 0 Å². The summed E-state index contributed by atoms with van der Waals surface area (Å²) in [6.07, 6.45) is -1.82. The number of rotatable bonds is 7. The Hall–Kier alpha value is -2.91. The maximum Gasteiger partial charge on any atom is 1.00 e. The van der Waals surface area contributed by atoms with Crippen LogP contribution in [0.3, 0.4) is 0 Å². The molecule has 33 heavy (non-hydrogen) atoms. The molecule has 0 saturated carbocycles. The van der Waals surface area contributed by atoms with E-state index in [9.17, 15) is 24.2 Å². The summed E-state index contributed by atoms with van der Waals surface area (Å²) < 4.78 is 19.1. The minimum Gasteiger partial charge on any atom is -1.00 e. The van der Waals surface area contributed by atoms with E-state index in [2.05, 4.69) is 5.32 Å². The number of aromatic hydroxyl groups is 1. The maximum atomic E-state index is 13.2. The molecule has 1 unspecified atom stereocenters. The summed E-state index contributed by atoms with van der Waals surface area (Å²) in [5.41, 5.74) is 2.42. The van der Waals surface area contributed by atoms with Crippen molar-refractivity contribution in [3.63, 3.8) is 0 Å². The Morgan fingerprint density at radius 1 is 1.06 bits per heavy atom. The van der Waals surface area contributed by atoms with Gasteiger partial charge in [-0.05, 0) is 73.0 Å². The van der Waals surface area contributed by atoms with Crippen molar-refractivity contribution in [2.45, 2.75) is 26.4 Å². The van der Waals surface area contributed by atoms with Gasteiger partial charge in [0.25, 0.3) is 0 Å². The van der Waals surface area contributed by atoms with E-state index < -0.39 is 30.2 Å². The van der Waals surface area contributed by atoms with E-state index in [0.717, 1.165) is 0 Å². The number of carboxylic acid groups (broad SMARTS) is 1. The first-order chi connectivity index (χ1) is 15.1. The third kappa shape index (κ3) is 6.79. The molecule has 0 saturated heterocycles. The molecule has 3 rings (SSSR count). The molecule has 1 amide bonds. The maximum absolute atomic E-state index is 13.2. The first kappa shape index (κ1) is 26.3. The molecule has 3 aromatic rings. The number of ether oxygens (including phenoxy) is 1. The van der Waals surface area contributed by atoms with E-state index in [0.29, 0.717) is 33.9 Å². The fourth-order valence-corrected chi connectivity index (χ4v) is 3.28. The molecule has 0 aromatic heterocycles. The molecular weight excluding hydrogens is 440 g/mol. The molecule has 0 heterocycles. The van der Waals surface area contributed by atoms with Gasteiger partial charge in [0.1, 0.15) is 35.6 Å². The molecule has 9 heteroatoms. The van der Waals surface area contributed by atoms with E-state index in [1.165, 1.54) is 42.5 Å². The molecule has 0 radical (unpaired) electrons. The molecule has 4 N–H and O–H groups in total. The van der Waals surface area contributed by atoms with Gasteiger partial charge in [0.15, 0.2) is 0 Å². The van der Waals surface area contributed by atoms with Crippen LogP contribution in [0, 0.1) is 19.7 Å². The van der Waals surface area contributed by atoms with Gasteiger partial charge in [0.2, 0.25) is 5.91 Å². The normalized spacial score (nSPS) is 11.3. The second kappa shape index (κ2) is 11.3. The van der Waals surface area contributed by atoms with E-state index in [-0.39, 0.29) is 42.3 Å². The Labute approximate surface area is 213 Å². The number of aryl methyl sites for hydroxylation is 2. The van der Waals surface area contributed by atoms with Gasteiger partial charge in [0.05, 0.1) is 0 Å². The first-order valence-corrected chi connectivity index (χ1v) is 9.71. The number of carbonyl (C=O) groups excluding carboxylic acids is 1. The Kier molecular flexibility index (Phi) is 9.01. The standard InChI is InChI=1S/C24H22FNO6.Na.H/c1-13-9-17(26-21(28)12-22(29)30)10-14(2)24(13)32-18-7-8-20(27)19(11-18)23(31)15-3-5-16(25)6-4-15;;/h3-11,23,27,31H,12H2,1-2H3,(H,26,28)(H,29,30);;/q;+1;-1. The van der Waals surface area contributed by atoms with E-state index in [1.54, 1.807) is 26.0 Å². The summed E-state index contributed by atoms with van der Waals surface area (Å²) in [5.74, 6) is -1.57. The fourth-order valence-electron chi connectivity index (χ4n) is 3.28. The number of aliphatic hydroxyl groups excluding tert-OH is 1. The van der Waals surface area contributed by atoms with Crippen molar-refractivity contribution in [2.24, 2.45) is 0 Å². The number of carboxylic acids is 1. The molecule has 0 aliphatic carbocycles. The third-order valence-corrected chi connectivity index (χ3v) is 4.76. The summed E-state index contributed by atoms with van der Waals surface area (Å²) in [7, 11) is 0. The zero-order valence-electron chi connectivity index (χ0n) is 19.4. The van der Waals surface area contributed by atoms with E-state index in [4.69, 9.17) is 9.84 Å². The van der Waals surface area contributed by atoms with Crippen molar-refractivity contribution in [1.29, 1.82) is 0 Å². The zero-order chi connectivity index (χ0) is 23.4. The molecule has 0 aliphatic rings. The zero-order valence-corrected chi connectivity index (χ0v) is 20.4. The Morgan fingerprint density at radius 3 is 2.24 bits per heavy atom. The largest absolute Gasteiger partial charge is 1.00 e. The van der Waals surface area contributed by atoms with Crippen LogP contribution in [0.1, 0.15) is 36.2 Å². The molecule has 0 spiro atoms. The number of benzene rings is 3. The number of phenolic OH excluding ortho intramolecular Hbond substituents is 1. The second-order valence-corrected chi connectivity index (χ2v) is 7.33. The van der Waals surface area contributed by atoms with Gasteiger partial charge >= 0.3 is 35.5 Å². The summed E-state index contributed by atoms with van der Waals surface area (Å²) in [6, 6.07) is 13.0. The number of halogens is 1. The van der Waals surface area contributed by atoms with E-state index in [1.807, 2.05) is 0 Å². The third-order valence-electron chi connectivity index (χ3n) is 4.76.